The fraction of sp³-hybridized carbons (Fsp3) is 0.500. The summed E-state index contributed by atoms with van der Waals surface area (Å²) in [6.45, 7) is 7.17. The maximum absolute atomic E-state index is 12.8. The minimum absolute atomic E-state index is 0.117. The van der Waals surface area contributed by atoms with E-state index in [1.807, 2.05) is 24.3 Å². The van der Waals surface area contributed by atoms with Crippen LogP contribution in [-0.2, 0) is 23.7 Å². The molecule has 212 valence electrons. The molecule has 9 heteroatoms. The van der Waals surface area contributed by atoms with Crippen LogP contribution in [0.25, 0.3) is 11.1 Å². The fourth-order valence-corrected chi connectivity index (χ4v) is 4.46. The maximum Gasteiger partial charge on any atom is 0.302 e. The van der Waals surface area contributed by atoms with Crippen molar-refractivity contribution >= 4 is 17.8 Å². The number of esters is 1. The van der Waals surface area contributed by atoms with Crippen molar-refractivity contribution in [2.24, 2.45) is 0 Å². The molecule has 0 aromatic heterocycles. The van der Waals surface area contributed by atoms with Gasteiger partial charge in [-0.2, -0.15) is 0 Å². The van der Waals surface area contributed by atoms with Crippen molar-refractivity contribution in [2.45, 2.75) is 39.0 Å². The van der Waals surface area contributed by atoms with Crippen LogP contribution in [0.4, 0.5) is 0 Å². The quantitative estimate of drug-likeness (QED) is 0.232. The lowest BCUT2D eigenvalue weighted by molar-refractivity contribution is -0.141. The molecule has 2 amide bonds. The van der Waals surface area contributed by atoms with E-state index >= 15 is 0 Å². The summed E-state index contributed by atoms with van der Waals surface area (Å²) < 4.78 is 21.4. The van der Waals surface area contributed by atoms with E-state index in [4.69, 9.17) is 18.9 Å². The number of benzene rings is 2. The molecule has 2 aromatic carbocycles. The summed E-state index contributed by atoms with van der Waals surface area (Å²) in [6, 6.07) is 11.1. The molecule has 39 heavy (non-hydrogen) atoms. The summed E-state index contributed by atoms with van der Waals surface area (Å²) >= 11 is 0. The zero-order chi connectivity index (χ0) is 28.0. The number of unbranched alkanes of at least 4 members (excludes halogenated alkanes) is 1. The molecule has 0 saturated carbocycles. The van der Waals surface area contributed by atoms with Crippen molar-refractivity contribution in [1.29, 1.82) is 0 Å². The number of methoxy groups -OCH3 is 1. The van der Waals surface area contributed by atoms with Crippen LogP contribution in [-0.4, -0.2) is 77.6 Å². The third-order valence-corrected chi connectivity index (χ3v) is 6.47. The monoisotopic (exact) mass is 540 g/mol. The van der Waals surface area contributed by atoms with E-state index in [1.165, 1.54) is 6.92 Å². The molecule has 0 saturated heterocycles. The van der Waals surface area contributed by atoms with Crippen molar-refractivity contribution in [1.82, 2.24) is 10.6 Å². The number of amides is 2. The molecule has 0 radical (unpaired) electrons. The average Bonchev–Trinajstić information content (AvgIpc) is 3.25. The van der Waals surface area contributed by atoms with Gasteiger partial charge in [-0.15, -0.1) is 0 Å². The second kappa shape index (κ2) is 16.0. The third kappa shape index (κ3) is 8.88. The van der Waals surface area contributed by atoms with Gasteiger partial charge in [-0.05, 0) is 59.4 Å². The number of hydrogen-bond acceptors (Lipinski definition) is 7. The molecule has 2 aromatic rings. The Morgan fingerprint density at radius 2 is 1.31 bits per heavy atom. The van der Waals surface area contributed by atoms with Crippen LogP contribution in [0, 0.1) is 0 Å². The summed E-state index contributed by atoms with van der Waals surface area (Å²) in [7, 11) is 1.65. The highest BCUT2D eigenvalue weighted by Crippen LogP contribution is 2.45. The van der Waals surface area contributed by atoms with Gasteiger partial charge in [0.2, 0.25) is 0 Å². The molecule has 0 bridgehead atoms. The molecule has 3 rings (SSSR count). The number of ether oxygens (including phenoxy) is 4. The molecular formula is C30H40N2O7. The van der Waals surface area contributed by atoms with Gasteiger partial charge in [0, 0.05) is 64.0 Å². The van der Waals surface area contributed by atoms with Crippen LogP contribution in [0.5, 0.6) is 0 Å². The van der Waals surface area contributed by atoms with Gasteiger partial charge < -0.3 is 29.6 Å². The van der Waals surface area contributed by atoms with Gasteiger partial charge in [-0.25, -0.2) is 0 Å². The maximum atomic E-state index is 12.8. The molecule has 1 aliphatic rings. The second-order valence-electron chi connectivity index (χ2n) is 9.40. The second-order valence-corrected chi connectivity index (χ2v) is 9.40. The van der Waals surface area contributed by atoms with Crippen molar-refractivity contribution in [3.05, 3.63) is 58.7 Å². The Morgan fingerprint density at radius 3 is 1.79 bits per heavy atom. The number of nitrogens with one attached hydrogen (secondary N) is 2. The summed E-state index contributed by atoms with van der Waals surface area (Å²) in [4.78, 5) is 37.3. The van der Waals surface area contributed by atoms with Gasteiger partial charge in [0.25, 0.3) is 11.8 Å². The highest BCUT2D eigenvalue weighted by Gasteiger charge is 2.31. The Labute approximate surface area is 230 Å². The molecule has 0 fully saturated rings. The number of rotatable bonds is 17. The number of fused-ring (bicyclic) bond motifs is 3. The van der Waals surface area contributed by atoms with Gasteiger partial charge in [-0.1, -0.05) is 25.5 Å². The SMILES string of the molecule is CCCCOCCNC(=O)c1ccc2c(c1)C(COC(C)=O)c1cc(C(=O)NCCOCCCOC)ccc1-2. The van der Waals surface area contributed by atoms with Crippen LogP contribution >= 0.6 is 0 Å². The largest absolute Gasteiger partial charge is 0.465 e. The molecule has 0 aliphatic heterocycles. The van der Waals surface area contributed by atoms with E-state index in [0.29, 0.717) is 57.3 Å². The first kappa shape index (κ1) is 30.3. The predicted molar refractivity (Wildman–Crippen MR) is 148 cm³/mol. The first-order chi connectivity index (χ1) is 19.0. The predicted octanol–water partition coefficient (Wildman–Crippen LogP) is 3.69. The zero-order valence-electron chi connectivity index (χ0n) is 23.2. The van der Waals surface area contributed by atoms with Gasteiger partial charge >= 0.3 is 5.97 Å². The Morgan fingerprint density at radius 1 is 0.769 bits per heavy atom. The number of carbonyl (C=O) groups excluding carboxylic acids is 3. The van der Waals surface area contributed by atoms with Crippen LogP contribution in [0.3, 0.4) is 0 Å². The van der Waals surface area contributed by atoms with Crippen LogP contribution in [0.2, 0.25) is 0 Å². The summed E-state index contributed by atoms with van der Waals surface area (Å²) in [5.74, 6) is -1.08. The smallest absolute Gasteiger partial charge is 0.302 e. The molecule has 0 heterocycles. The van der Waals surface area contributed by atoms with Gasteiger partial charge in [0.1, 0.15) is 6.61 Å². The van der Waals surface area contributed by atoms with Gasteiger partial charge in [-0.3, -0.25) is 14.4 Å². The third-order valence-electron chi connectivity index (χ3n) is 6.47. The van der Waals surface area contributed by atoms with E-state index in [9.17, 15) is 14.4 Å². The first-order valence-electron chi connectivity index (χ1n) is 13.6. The molecule has 1 aliphatic carbocycles. The van der Waals surface area contributed by atoms with Gasteiger partial charge in [0.15, 0.2) is 0 Å². The Balaban J connectivity index is 1.69. The van der Waals surface area contributed by atoms with Gasteiger partial charge in [0.05, 0.1) is 13.2 Å². The standard InChI is InChI=1S/C30H40N2O7/c1-4-5-14-37-16-11-31-29(34)22-7-9-24-25-10-8-23(30(35)32-12-17-38-15-6-13-36-3)19-27(25)28(26(24)18-22)20-39-21(2)33/h7-10,18-19,28H,4-6,11-17,20H2,1-3H3,(H,31,34)(H,32,35). The minimum Gasteiger partial charge on any atom is -0.465 e. The van der Waals surface area contributed by atoms with E-state index in [0.717, 1.165) is 41.5 Å². The lowest BCUT2D eigenvalue weighted by Gasteiger charge is -2.15. The molecule has 9 nitrogen and oxygen atoms in total. The Hall–Kier alpha value is -3.27. The van der Waals surface area contributed by atoms with Crippen molar-refractivity contribution in [3.63, 3.8) is 0 Å². The number of carbonyl (C=O) groups is 3. The zero-order valence-corrected chi connectivity index (χ0v) is 23.2. The van der Waals surface area contributed by atoms with Crippen molar-refractivity contribution in [3.8, 4) is 11.1 Å². The van der Waals surface area contributed by atoms with E-state index in [2.05, 4.69) is 17.6 Å². The van der Waals surface area contributed by atoms with Crippen LogP contribution < -0.4 is 10.6 Å². The number of hydrogen-bond donors (Lipinski definition) is 2. The normalized spacial score (nSPS) is 13.5. The van der Waals surface area contributed by atoms with E-state index in [-0.39, 0.29) is 30.3 Å². The molecule has 2 N–H and O–H groups in total. The van der Waals surface area contributed by atoms with E-state index in [1.54, 1.807) is 19.2 Å². The van der Waals surface area contributed by atoms with E-state index < -0.39 is 0 Å². The molecular weight excluding hydrogens is 500 g/mol. The highest BCUT2D eigenvalue weighted by atomic mass is 16.5. The Kier molecular flexibility index (Phi) is 12.4. The summed E-state index contributed by atoms with van der Waals surface area (Å²) in [5.41, 5.74) is 4.72. The highest BCUT2D eigenvalue weighted by molar-refractivity contribution is 5.98. The summed E-state index contributed by atoms with van der Waals surface area (Å²) in [5, 5.41) is 5.78. The molecule has 1 unspecified atom stereocenters. The van der Waals surface area contributed by atoms with Crippen molar-refractivity contribution in [2.75, 3.05) is 59.8 Å². The minimum atomic E-state index is -0.388. The molecule has 1 atom stereocenters. The molecule has 0 spiro atoms. The first-order valence-corrected chi connectivity index (χ1v) is 13.6. The summed E-state index contributed by atoms with van der Waals surface area (Å²) in [6.07, 6.45) is 2.86. The fourth-order valence-electron chi connectivity index (χ4n) is 4.46. The van der Waals surface area contributed by atoms with Crippen LogP contribution in [0.1, 0.15) is 70.9 Å². The Bertz CT molecular complexity index is 1120. The lowest BCUT2D eigenvalue weighted by Crippen LogP contribution is -2.27. The van der Waals surface area contributed by atoms with Crippen molar-refractivity contribution < 1.29 is 33.3 Å². The van der Waals surface area contributed by atoms with Crippen LogP contribution in [0.15, 0.2) is 36.4 Å². The lowest BCUT2D eigenvalue weighted by atomic mass is 9.95. The average molecular weight is 541 g/mol. The topological polar surface area (TPSA) is 112 Å².